The van der Waals surface area contributed by atoms with Crippen LogP contribution in [0.2, 0.25) is 5.02 Å². The van der Waals surface area contributed by atoms with E-state index in [9.17, 15) is 9.90 Å². The molecule has 1 aromatic heterocycles. The van der Waals surface area contributed by atoms with E-state index in [1.807, 2.05) is 12.1 Å². The van der Waals surface area contributed by atoms with Crippen LogP contribution in [-0.2, 0) is 4.79 Å². The molecule has 0 aliphatic rings. The molecule has 0 bridgehead atoms. The van der Waals surface area contributed by atoms with E-state index in [1.165, 1.54) is 6.26 Å². The van der Waals surface area contributed by atoms with Crippen molar-refractivity contribution in [2.75, 3.05) is 6.61 Å². The van der Waals surface area contributed by atoms with Gasteiger partial charge in [0.15, 0.2) is 0 Å². The van der Waals surface area contributed by atoms with Crippen molar-refractivity contribution in [3.63, 3.8) is 0 Å². The average Bonchev–Trinajstić information content (AvgIpc) is 2.98. The highest BCUT2D eigenvalue weighted by molar-refractivity contribution is 6.30. The van der Waals surface area contributed by atoms with Gasteiger partial charge >= 0.3 is 0 Å². The van der Waals surface area contributed by atoms with E-state index in [0.717, 1.165) is 5.56 Å². The van der Waals surface area contributed by atoms with E-state index < -0.39 is 6.04 Å². The largest absolute Gasteiger partial charge is 0.467 e. The first kappa shape index (κ1) is 15.4. The molecule has 2 N–H and O–H groups in total. The Balaban J connectivity index is 2.08. The monoisotopic (exact) mass is 305 g/mol. The van der Waals surface area contributed by atoms with Gasteiger partial charge in [-0.25, -0.2) is 0 Å². The van der Waals surface area contributed by atoms with Crippen LogP contribution in [0.15, 0.2) is 52.7 Å². The second-order valence-electron chi connectivity index (χ2n) is 4.61. The van der Waals surface area contributed by atoms with Crippen LogP contribution in [0.5, 0.6) is 0 Å². The Kier molecular flexibility index (Phi) is 5.20. The fraction of sp³-hybridized carbons (Fsp3) is 0.188. The highest BCUT2D eigenvalue weighted by Gasteiger charge is 2.16. The van der Waals surface area contributed by atoms with Crippen LogP contribution in [0, 0.1) is 0 Å². The van der Waals surface area contributed by atoms with Gasteiger partial charge in [0.05, 0.1) is 12.9 Å². The van der Waals surface area contributed by atoms with Crippen LogP contribution in [0.1, 0.15) is 24.3 Å². The molecular formula is C16H16ClNO3. The molecule has 110 valence electrons. The second-order valence-corrected chi connectivity index (χ2v) is 5.04. The Morgan fingerprint density at radius 1 is 1.43 bits per heavy atom. The molecule has 0 saturated carbocycles. The fourth-order valence-corrected chi connectivity index (χ4v) is 2.08. The zero-order valence-corrected chi connectivity index (χ0v) is 12.3. The van der Waals surface area contributed by atoms with Gasteiger partial charge in [0.25, 0.3) is 0 Å². The van der Waals surface area contributed by atoms with Crippen LogP contribution in [-0.4, -0.2) is 17.6 Å². The van der Waals surface area contributed by atoms with E-state index in [2.05, 4.69) is 5.32 Å². The summed E-state index contributed by atoms with van der Waals surface area (Å²) in [6.07, 6.45) is 3.23. The van der Waals surface area contributed by atoms with Crippen molar-refractivity contribution in [2.24, 2.45) is 0 Å². The Morgan fingerprint density at radius 2 is 2.24 bits per heavy atom. The number of carbonyl (C=O) groups excluding carboxylic acids is 1. The Bertz CT molecular complexity index is 635. The van der Waals surface area contributed by atoms with Crippen LogP contribution in [0.3, 0.4) is 0 Å². The Hall–Kier alpha value is -2.04. The number of carbonyl (C=O) groups is 1. The average molecular weight is 306 g/mol. The summed E-state index contributed by atoms with van der Waals surface area (Å²) in [6, 6.07) is 10.1. The highest BCUT2D eigenvalue weighted by atomic mass is 35.5. The van der Waals surface area contributed by atoms with Crippen LogP contribution in [0.25, 0.3) is 6.08 Å². The van der Waals surface area contributed by atoms with E-state index in [4.69, 9.17) is 16.0 Å². The molecule has 1 unspecified atom stereocenters. The molecule has 1 atom stereocenters. The summed E-state index contributed by atoms with van der Waals surface area (Å²) in [4.78, 5) is 12.1. The lowest BCUT2D eigenvalue weighted by Gasteiger charge is -2.14. The number of aliphatic hydroxyl groups excluding tert-OH is 1. The molecule has 0 fully saturated rings. The lowest BCUT2D eigenvalue weighted by Crippen LogP contribution is -2.31. The SMILES string of the molecule is C/C(=C/c1cccc(Cl)c1)C(=O)NC(CO)c1ccco1. The van der Waals surface area contributed by atoms with Gasteiger partial charge in [-0.05, 0) is 42.8 Å². The first-order chi connectivity index (χ1) is 10.1. The molecule has 0 saturated heterocycles. The number of hydrogen-bond acceptors (Lipinski definition) is 3. The number of aliphatic hydroxyl groups is 1. The topological polar surface area (TPSA) is 62.5 Å². The lowest BCUT2D eigenvalue weighted by molar-refractivity contribution is -0.118. The van der Waals surface area contributed by atoms with Crippen molar-refractivity contribution in [2.45, 2.75) is 13.0 Å². The molecule has 21 heavy (non-hydrogen) atoms. The van der Waals surface area contributed by atoms with Crippen molar-refractivity contribution in [1.29, 1.82) is 0 Å². The second kappa shape index (κ2) is 7.11. The van der Waals surface area contributed by atoms with E-state index in [1.54, 1.807) is 37.3 Å². The summed E-state index contributed by atoms with van der Waals surface area (Å²) in [5, 5.41) is 12.7. The summed E-state index contributed by atoms with van der Waals surface area (Å²) < 4.78 is 5.19. The fourth-order valence-electron chi connectivity index (χ4n) is 1.88. The third-order valence-corrected chi connectivity index (χ3v) is 3.20. The molecule has 1 amide bonds. The molecule has 4 nitrogen and oxygen atoms in total. The molecule has 0 aliphatic heterocycles. The molecule has 2 rings (SSSR count). The number of rotatable bonds is 5. The van der Waals surface area contributed by atoms with Crippen molar-refractivity contribution >= 4 is 23.6 Å². The molecule has 2 aromatic rings. The van der Waals surface area contributed by atoms with Crippen molar-refractivity contribution in [3.8, 4) is 0 Å². The third-order valence-electron chi connectivity index (χ3n) is 2.96. The Labute approximate surface area is 128 Å². The minimum Gasteiger partial charge on any atom is -0.467 e. The molecule has 1 heterocycles. The first-order valence-corrected chi connectivity index (χ1v) is 6.87. The lowest BCUT2D eigenvalue weighted by atomic mass is 10.1. The van der Waals surface area contributed by atoms with Gasteiger partial charge in [-0.2, -0.15) is 0 Å². The minimum absolute atomic E-state index is 0.232. The standard InChI is InChI=1S/C16H16ClNO3/c1-11(8-12-4-2-5-13(17)9-12)16(20)18-14(10-19)15-6-3-7-21-15/h2-9,14,19H,10H2,1H3,(H,18,20)/b11-8-. The summed E-state index contributed by atoms with van der Waals surface area (Å²) >= 11 is 5.91. The minimum atomic E-state index is -0.560. The van der Waals surface area contributed by atoms with Gasteiger partial charge in [0.2, 0.25) is 5.91 Å². The Morgan fingerprint density at radius 3 is 2.86 bits per heavy atom. The number of furan rings is 1. The number of benzene rings is 1. The van der Waals surface area contributed by atoms with Crippen molar-refractivity contribution in [3.05, 3.63) is 64.6 Å². The van der Waals surface area contributed by atoms with Crippen LogP contribution < -0.4 is 5.32 Å². The molecule has 1 aromatic carbocycles. The van der Waals surface area contributed by atoms with E-state index in [-0.39, 0.29) is 12.5 Å². The summed E-state index contributed by atoms with van der Waals surface area (Å²) in [5.74, 6) is 0.242. The predicted octanol–water partition coefficient (Wildman–Crippen LogP) is 3.19. The van der Waals surface area contributed by atoms with Gasteiger partial charge in [0, 0.05) is 10.6 Å². The molecule has 0 aliphatic carbocycles. The molecular weight excluding hydrogens is 290 g/mol. The first-order valence-electron chi connectivity index (χ1n) is 6.49. The van der Waals surface area contributed by atoms with Crippen LogP contribution in [0.4, 0.5) is 0 Å². The van der Waals surface area contributed by atoms with Crippen molar-refractivity contribution in [1.82, 2.24) is 5.32 Å². The van der Waals surface area contributed by atoms with Crippen LogP contribution >= 0.6 is 11.6 Å². The molecule has 5 heteroatoms. The molecule has 0 spiro atoms. The quantitative estimate of drug-likeness (QED) is 0.834. The smallest absolute Gasteiger partial charge is 0.247 e. The maximum absolute atomic E-state index is 12.1. The number of amides is 1. The van der Waals surface area contributed by atoms with Gasteiger partial charge < -0.3 is 14.8 Å². The number of nitrogens with one attached hydrogen (secondary N) is 1. The third kappa shape index (κ3) is 4.21. The van der Waals surface area contributed by atoms with Gasteiger partial charge in [0.1, 0.15) is 11.8 Å². The van der Waals surface area contributed by atoms with E-state index >= 15 is 0 Å². The zero-order chi connectivity index (χ0) is 15.2. The number of hydrogen-bond donors (Lipinski definition) is 2. The maximum atomic E-state index is 12.1. The summed E-state index contributed by atoms with van der Waals surface area (Å²) in [5.41, 5.74) is 1.36. The van der Waals surface area contributed by atoms with E-state index in [0.29, 0.717) is 16.4 Å². The van der Waals surface area contributed by atoms with Gasteiger partial charge in [-0.3, -0.25) is 4.79 Å². The zero-order valence-electron chi connectivity index (χ0n) is 11.5. The molecule has 0 radical (unpaired) electrons. The van der Waals surface area contributed by atoms with Crippen molar-refractivity contribution < 1.29 is 14.3 Å². The summed E-state index contributed by atoms with van der Waals surface area (Å²) in [7, 11) is 0. The van der Waals surface area contributed by atoms with Gasteiger partial charge in [-0.1, -0.05) is 23.7 Å². The number of halogens is 1. The van der Waals surface area contributed by atoms with Gasteiger partial charge in [-0.15, -0.1) is 0 Å². The normalized spacial score (nSPS) is 13.0. The highest BCUT2D eigenvalue weighted by Crippen LogP contribution is 2.16. The maximum Gasteiger partial charge on any atom is 0.247 e. The summed E-state index contributed by atoms with van der Waals surface area (Å²) in [6.45, 7) is 1.47. The predicted molar refractivity (Wildman–Crippen MR) is 81.8 cm³/mol.